The summed E-state index contributed by atoms with van der Waals surface area (Å²) in [7, 11) is -40.1. The van der Waals surface area contributed by atoms with Crippen molar-refractivity contribution < 1.29 is 155 Å². The average molecular weight is 2100 g/mol. The van der Waals surface area contributed by atoms with Crippen LogP contribution in [0.1, 0.15) is 37.4 Å². The smallest absolute Gasteiger partial charge is 0.425 e. The van der Waals surface area contributed by atoms with Crippen LogP contribution in [-0.2, 0) is 104 Å². The number of benzene rings is 11. The molecule has 734 valence electrons. The van der Waals surface area contributed by atoms with Crippen LogP contribution in [0.25, 0.3) is 10.8 Å². The number of nitrogens with one attached hydrogen (secondary N) is 3. The summed E-state index contributed by atoms with van der Waals surface area (Å²) >= 11 is 0. The molecular weight excluding hydrogens is 2030 g/mol. The largest absolute Gasteiger partial charge is 0.505 e. The van der Waals surface area contributed by atoms with Crippen LogP contribution in [0.4, 0.5) is 84.4 Å². The molecule has 0 heterocycles. The van der Waals surface area contributed by atoms with Crippen molar-refractivity contribution in [1.29, 1.82) is 0 Å². The fraction of sp³-hybridized carbons (Fsp3) is 0.118. The Morgan fingerprint density at radius 3 is 1.23 bits per heavy atom. The van der Waals surface area contributed by atoms with Gasteiger partial charge in [0.05, 0.1) is 114 Å². The number of nitrogens with zero attached hydrogens (tertiary/aromatic N) is 12. The molecule has 0 bridgehead atoms. The second kappa shape index (κ2) is 46.1. The Hall–Kier alpha value is -15.2. The monoisotopic (exact) mass is 2100 g/mol. The van der Waals surface area contributed by atoms with Gasteiger partial charge in [0.15, 0.2) is 52.1 Å². The van der Waals surface area contributed by atoms with Crippen LogP contribution in [0.2, 0.25) is 0 Å². The number of rotatable bonds is 34. The first kappa shape index (κ1) is 109. The van der Waals surface area contributed by atoms with E-state index in [9.17, 15) is 126 Å². The van der Waals surface area contributed by atoms with Gasteiger partial charge in [0.2, 0.25) is 10.9 Å². The van der Waals surface area contributed by atoms with Crippen molar-refractivity contribution in [2.45, 2.75) is 45.2 Å². The lowest BCUT2D eigenvalue weighted by Crippen LogP contribution is -2.50. The lowest BCUT2D eigenvalue weighted by atomic mass is 10.1. The third-order valence-electron chi connectivity index (χ3n) is 17.4. The molecule has 0 unspecified atom stereocenters. The number of anilines is 4. The van der Waals surface area contributed by atoms with E-state index in [-0.39, 0.29) is 60.4 Å². The number of hydrogen-bond acceptors (Lipinski definition) is 45. The van der Waals surface area contributed by atoms with Gasteiger partial charge in [-0.25, -0.2) is 52.2 Å². The quantitative estimate of drug-likeness (QED) is 0.00772. The molecule has 63 heteroatoms. The highest BCUT2D eigenvalue weighted by molar-refractivity contribution is 7.92. The number of carboxylic acid groups (broad SMARTS) is 2. The number of hydrogen-bond donors (Lipinski definition) is 15. The lowest BCUT2D eigenvalue weighted by molar-refractivity contribution is 0.0685. The summed E-state index contributed by atoms with van der Waals surface area (Å²) < 4.78 is 269. The first-order valence-electron chi connectivity index (χ1n) is 37.4. The van der Waals surface area contributed by atoms with Gasteiger partial charge in [-0.15, -0.1) is 43.3 Å². The number of carbonyl (C=O) groups is 3. The van der Waals surface area contributed by atoms with Crippen LogP contribution in [0, 0.1) is 20.8 Å². The molecule has 139 heavy (non-hydrogen) atoms. The van der Waals surface area contributed by atoms with E-state index in [1.54, 1.807) is 60.7 Å². The normalized spacial score (nSPS) is 12.5. The Labute approximate surface area is 785 Å². The molecule has 11 aromatic rings. The number of urea groups is 1. The van der Waals surface area contributed by atoms with E-state index in [2.05, 4.69) is 90.1 Å². The maximum absolute atomic E-state index is 12.9. The molecule has 0 saturated heterocycles. The van der Waals surface area contributed by atoms with E-state index in [0.717, 1.165) is 71.3 Å². The fourth-order valence-corrected chi connectivity index (χ4v) is 16.8. The Morgan fingerprint density at radius 2 is 0.770 bits per heavy atom. The SMILES string of the molecule is Cc1ccc(N=Nc2c(C(=O)O)cc(O)c(N=Nc3ccc(N=Nc4ccc(S(=O)(=O)CCOS(=O)(=O)O)cc4S(=O)(=O)O)c(NC(N)=O)c3)c2O)cc1.Cc1ccc(N=Nc2ccc3cc(S(=O)(=O)O)c(N=Nc4ccc(S(=O)(=O)CCOS(=O)(=O)O)cc4)c(N)c3c2O)cc1.Cc1ccc(NN=c2c(C(=O)O)cc(=O)c(=NNc3ccc(S(=O)(=O)CCOS(=O)(=O)O)cc3)c2=O)cc1.O=S(=O)=O. The summed E-state index contributed by atoms with van der Waals surface area (Å²) in [5, 5.41) is 98.9. The summed E-state index contributed by atoms with van der Waals surface area (Å²) in [6.45, 7) is 2.97. The van der Waals surface area contributed by atoms with Crippen molar-refractivity contribution in [2.24, 2.45) is 67.1 Å². The molecule has 11 rings (SSSR count). The van der Waals surface area contributed by atoms with E-state index in [0.29, 0.717) is 29.2 Å². The first-order valence-corrected chi connectivity index (χ1v) is 50.3. The molecule has 0 aliphatic carbocycles. The number of carbonyl (C=O) groups excluding carboxylic acids is 1. The number of amides is 2. The lowest BCUT2D eigenvalue weighted by Gasteiger charge is -2.12. The number of sulfone groups is 3. The van der Waals surface area contributed by atoms with E-state index < -0.39 is 234 Å². The molecule has 0 spiro atoms. The number of aryl methyl sites for hydroxylation is 3. The van der Waals surface area contributed by atoms with Gasteiger partial charge in [0.1, 0.15) is 49.3 Å². The van der Waals surface area contributed by atoms with Gasteiger partial charge < -0.3 is 42.3 Å². The minimum Gasteiger partial charge on any atom is -0.505 e. The Morgan fingerprint density at radius 1 is 0.396 bits per heavy atom. The maximum Gasteiger partial charge on any atom is 0.425 e. The zero-order valence-electron chi connectivity index (χ0n) is 70.3. The zero-order valence-corrected chi connectivity index (χ0v) is 77.7. The maximum atomic E-state index is 12.9. The number of nitrogen functional groups attached to an aromatic ring is 1. The van der Waals surface area contributed by atoms with Crippen molar-refractivity contribution in [3.63, 3.8) is 0 Å². The van der Waals surface area contributed by atoms with Gasteiger partial charge >= 0.3 is 59.8 Å². The standard InChI is InChI=1S/C29H26N8O14S3.C25H23N5O10S3.C22H20N4O10S2.O3S/c1-15-2-4-16(5-3-15)32-36-25-19(28(40)41)14-23(38)26(27(25)39)37-33-17-6-8-20(22(12-17)31-29(30)42)34-35-21-9-7-18(13-24(21)53(45,46)47)52(43,44)11-10-51-54(48,49)50;1-15-2-5-17(6-3-15)27-29-20-11-4-16-14-21(42(34,35)36)24(23(26)22(16)25(20)31)30-28-18-7-9-19(10-8-18)41(32,33)13-12-40-43(37,38)39;1-13-2-4-14(5-3-13)23-25-19-17(22(29)30)12-18(27)20(21(19)28)26-24-15-6-8-16(9-7-15)37(31,32)11-10-36-38(33,34)35;1-4(2)3/h2-9,12-14,38-39H,10-11H2,1H3,(H,40,41)(H3,30,31,42)(H,45,46,47)(H,48,49,50);2-11,14,31H,12-13,26H2,1H3,(H,34,35,36)(H,37,38,39);2-9,12,23-24H,10-11H2,1H3,(H,29,30)(H,33,34,35);. The molecule has 0 aliphatic rings. The highest BCUT2D eigenvalue weighted by Gasteiger charge is 2.29. The van der Waals surface area contributed by atoms with Gasteiger partial charge in [-0.1, -0.05) is 59.2 Å². The third kappa shape index (κ3) is 32.5. The summed E-state index contributed by atoms with van der Waals surface area (Å²) in [6.07, 6.45) is 0. The Balaban J connectivity index is 0.000000254. The highest BCUT2D eigenvalue weighted by Crippen LogP contribution is 2.49. The number of azo groups is 5. The van der Waals surface area contributed by atoms with Crippen LogP contribution in [0.15, 0.2) is 283 Å². The van der Waals surface area contributed by atoms with Crippen molar-refractivity contribution >= 4 is 200 Å². The minimum atomic E-state index is -5.16. The number of nitrogens with two attached hydrogens (primary N) is 2. The van der Waals surface area contributed by atoms with Crippen molar-refractivity contribution in [1.82, 2.24) is 0 Å². The molecule has 0 aromatic heterocycles. The number of carboxylic acids is 2. The predicted octanol–water partition coefficient (Wildman–Crippen LogP) is 9.52. The van der Waals surface area contributed by atoms with Crippen LogP contribution in [0.3, 0.4) is 0 Å². The molecule has 17 N–H and O–H groups in total. The number of aromatic hydroxyl groups is 3. The van der Waals surface area contributed by atoms with Crippen LogP contribution < -0.4 is 49.2 Å². The van der Waals surface area contributed by atoms with Crippen molar-refractivity contribution in [3.05, 3.63) is 247 Å². The van der Waals surface area contributed by atoms with Crippen LogP contribution >= 0.6 is 0 Å². The second-order valence-electron chi connectivity index (χ2n) is 27.4. The summed E-state index contributed by atoms with van der Waals surface area (Å²) in [5.41, 5.74) is 14.5. The average Bonchev–Trinajstić information content (AvgIpc) is 0.760. The number of phenolic OH excluding ortho intramolecular Hbond substituents is 3. The summed E-state index contributed by atoms with van der Waals surface area (Å²) in [6, 6.07) is 40.0. The van der Waals surface area contributed by atoms with Gasteiger partial charge in [-0.05, 0) is 166 Å². The van der Waals surface area contributed by atoms with Crippen molar-refractivity contribution in [3.8, 4) is 17.2 Å². The van der Waals surface area contributed by atoms with Gasteiger partial charge in [0, 0.05) is 6.07 Å². The molecule has 0 saturated carbocycles. The van der Waals surface area contributed by atoms with E-state index >= 15 is 0 Å². The molecule has 0 aliphatic heterocycles. The third-order valence-corrected chi connectivity index (χ3v) is 25.6. The number of primary amides is 1. The highest BCUT2D eigenvalue weighted by atomic mass is 32.3. The summed E-state index contributed by atoms with van der Waals surface area (Å²) in [4.78, 5) is 57.6. The van der Waals surface area contributed by atoms with E-state index in [1.165, 1.54) is 48.5 Å². The second-order valence-corrected chi connectivity index (χ2v) is 40.2. The Bertz CT molecular complexity index is 8170. The zero-order chi connectivity index (χ0) is 103. The van der Waals surface area contributed by atoms with Gasteiger partial charge in [-0.3, -0.25) is 43.2 Å². The molecule has 2 amide bonds. The molecule has 54 nitrogen and oxygen atoms in total. The molecule has 11 aromatic carbocycles. The molecular formula is C76H69N17O37S9. The first-order chi connectivity index (χ1) is 64.7. The van der Waals surface area contributed by atoms with Gasteiger partial charge in [-0.2, -0.15) is 72.7 Å². The van der Waals surface area contributed by atoms with E-state index in [4.69, 9.17) is 37.8 Å². The van der Waals surface area contributed by atoms with E-state index in [1.807, 2.05) is 32.9 Å². The molecule has 0 atom stereocenters. The Kier molecular flexibility index (Phi) is 36.2. The van der Waals surface area contributed by atoms with Crippen LogP contribution in [0.5, 0.6) is 17.2 Å². The number of fused-ring (bicyclic) bond motifs is 1. The minimum absolute atomic E-state index is 0.0149. The number of aromatic carboxylic acids is 2. The fourth-order valence-electron chi connectivity index (χ4n) is 10.9. The van der Waals surface area contributed by atoms with Crippen molar-refractivity contribution in [2.75, 3.05) is 59.0 Å². The predicted molar refractivity (Wildman–Crippen MR) is 485 cm³/mol. The topological polar surface area (TPSA) is 876 Å². The summed E-state index contributed by atoms with van der Waals surface area (Å²) in [5.74, 6) is -7.73. The van der Waals surface area contributed by atoms with Gasteiger partial charge in [0.25, 0.3) is 20.2 Å². The number of phenols is 3. The molecule has 0 radical (unpaired) electrons. The van der Waals surface area contributed by atoms with Crippen LogP contribution in [-0.4, -0.2) is 183 Å². The molecule has 0 fully saturated rings.